The summed E-state index contributed by atoms with van der Waals surface area (Å²) in [5.74, 6) is 0.939. The van der Waals surface area contributed by atoms with Crippen molar-refractivity contribution in [3.05, 3.63) is 96.6 Å². The molecule has 3 fully saturated rings. The van der Waals surface area contributed by atoms with E-state index in [9.17, 15) is 16.8 Å². The Balaban J connectivity index is 1.17. The van der Waals surface area contributed by atoms with Gasteiger partial charge in [-0.1, -0.05) is 80.4 Å². The normalized spacial score (nSPS) is 20.8. The number of anilines is 1. The zero-order valence-corrected chi connectivity index (χ0v) is 33.4. The fraction of sp³-hybridized carbons (Fsp3) is 0.524. The van der Waals surface area contributed by atoms with Crippen LogP contribution in [-0.2, 0) is 20.2 Å². The minimum absolute atomic E-state index is 0.0768. The van der Waals surface area contributed by atoms with Crippen LogP contribution in [0.5, 0.6) is 0 Å². The molecule has 0 unspecified atom stereocenters. The lowest BCUT2D eigenvalue weighted by Crippen LogP contribution is -2.49. The lowest BCUT2D eigenvalue weighted by Gasteiger charge is -2.36. The van der Waals surface area contributed by atoms with Gasteiger partial charge in [-0.25, -0.2) is 8.42 Å². The van der Waals surface area contributed by atoms with Crippen molar-refractivity contribution in [1.82, 2.24) is 17.8 Å². The summed E-state index contributed by atoms with van der Waals surface area (Å²) in [6, 6.07) is 26.0. The van der Waals surface area contributed by atoms with Gasteiger partial charge in [0.15, 0.2) is 0 Å². The largest absolute Gasteiger partial charge is 0.378 e. The third-order valence-electron chi connectivity index (χ3n) is 11.4. The van der Waals surface area contributed by atoms with E-state index in [-0.39, 0.29) is 18.0 Å². The topological polar surface area (TPSA) is 84.5 Å². The summed E-state index contributed by atoms with van der Waals surface area (Å²) in [5.41, 5.74) is 5.11. The van der Waals surface area contributed by atoms with Gasteiger partial charge in [0, 0.05) is 65.6 Å². The highest BCUT2D eigenvalue weighted by molar-refractivity contribution is 7.89. The summed E-state index contributed by atoms with van der Waals surface area (Å²) in [6.45, 7) is 8.62. The Hall–Kier alpha value is -3.06. The molecule has 11 heteroatoms. The second kappa shape index (κ2) is 18.0. The summed E-state index contributed by atoms with van der Waals surface area (Å²) in [5, 5.41) is 0. The van der Waals surface area contributed by atoms with E-state index in [1.165, 1.54) is 53.1 Å². The van der Waals surface area contributed by atoms with Gasteiger partial charge in [-0.2, -0.15) is 21.3 Å². The van der Waals surface area contributed by atoms with Crippen molar-refractivity contribution in [1.29, 1.82) is 0 Å². The Morgan fingerprint density at radius 2 is 1.21 bits per heavy atom. The zero-order chi connectivity index (χ0) is 37.4. The van der Waals surface area contributed by atoms with Crippen LogP contribution in [0, 0.1) is 5.92 Å². The van der Waals surface area contributed by atoms with Crippen molar-refractivity contribution >= 4 is 25.9 Å². The fourth-order valence-electron chi connectivity index (χ4n) is 8.31. The van der Waals surface area contributed by atoms with Gasteiger partial charge >= 0.3 is 0 Å². The zero-order valence-electron chi connectivity index (χ0n) is 31.8. The lowest BCUT2D eigenvalue weighted by molar-refractivity contribution is 0.187. The van der Waals surface area contributed by atoms with Gasteiger partial charge in [0.25, 0.3) is 10.2 Å². The quantitative estimate of drug-likeness (QED) is 0.217. The van der Waals surface area contributed by atoms with Gasteiger partial charge < -0.3 is 9.80 Å². The van der Waals surface area contributed by atoms with Crippen LogP contribution in [0.2, 0.25) is 0 Å². The number of hydrogen-bond acceptors (Lipinski definition) is 6. The maximum absolute atomic E-state index is 14.4. The molecule has 3 aromatic carbocycles. The van der Waals surface area contributed by atoms with Crippen LogP contribution in [0.3, 0.4) is 0 Å². The molecule has 288 valence electrons. The monoisotopic (exact) mass is 761 g/mol. The first-order chi connectivity index (χ1) is 25.5. The Morgan fingerprint density at radius 1 is 0.623 bits per heavy atom. The molecule has 0 N–H and O–H groups in total. The van der Waals surface area contributed by atoms with Gasteiger partial charge in [-0.05, 0) is 110 Å². The fourth-order valence-corrected chi connectivity index (χ4v) is 11.5. The first-order valence-electron chi connectivity index (χ1n) is 19.6. The van der Waals surface area contributed by atoms with Crippen LogP contribution >= 0.6 is 0 Å². The molecule has 2 aliphatic heterocycles. The van der Waals surface area contributed by atoms with Crippen molar-refractivity contribution < 1.29 is 16.8 Å². The van der Waals surface area contributed by atoms with Gasteiger partial charge in [-0.3, -0.25) is 0 Å². The van der Waals surface area contributed by atoms with Crippen LogP contribution in [0.1, 0.15) is 69.3 Å². The molecule has 0 bridgehead atoms. The molecule has 3 aromatic rings. The van der Waals surface area contributed by atoms with Crippen molar-refractivity contribution in [3.8, 4) is 11.1 Å². The second-order valence-corrected chi connectivity index (χ2v) is 19.4. The maximum Gasteiger partial charge on any atom is 0.282 e. The highest BCUT2D eigenvalue weighted by atomic mass is 32.2. The minimum atomic E-state index is -3.84. The summed E-state index contributed by atoms with van der Waals surface area (Å²) in [6.07, 6.45) is 9.24. The molecule has 53 heavy (non-hydrogen) atoms. The Bertz CT molecular complexity index is 1840. The van der Waals surface area contributed by atoms with Crippen molar-refractivity contribution in [3.63, 3.8) is 0 Å². The molecule has 9 nitrogen and oxygen atoms in total. The lowest BCUT2D eigenvalue weighted by atomic mass is 9.89. The molecule has 2 saturated heterocycles. The number of nitrogens with zero attached hydrogens (tertiary/aromatic N) is 5. The molecular formula is C42H59N5O4S2. The number of benzene rings is 3. The number of hydrogen-bond donors (Lipinski definition) is 0. The molecular weight excluding hydrogens is 703 g/mol. The van der Waals surface area contributed by atoms with Crippen LogP contribution in [0.15, 0.2) is 95.9 Å². The van der Waals surface area contributed by atoms with Crippen LogP contribution in [0.25, 0.3) is 11.1 Å². The van der Waals surface area contributed by atoms with Gasteiger partial charge in [-0.15, -0.1) is 0 Å². The van der Waals surface area contributed by atoms with Gasteiger partial charge in [0.1, 0.15) is 0 Å². The molecule has 6 rings (SSSR count). The standard InChI is InChI=1S/C42H59N5O4S2/c1-35-32-46(52(48,49)42-22-20-41(21-23-42)43(2)3)28-10-26-44(34-36-12-6-4-7-13-36)27-11-29-47(33-35)53(50,51)45-30-24-40(25-31-45)39-18-16-38(17-19-39)37-14-8-5-9-15-37/h5,8-9,14-23,36,40H,1,4,6-7,10-13,24-34H2,2-3H3. The molecule has 0 aromatic heterocycles. The average molecular weight is 762 g/mol. The van der Waals surface area contributed by atoms with E-state index >= 15 is 0 Å². The summed E-state index contributed by atoms with van der Waals surface area (Å²) in [7, 11) is -3.79. The molecule has 0 amide bonds. The van der Waals surface area contributed by atoms with E-state index in [1.54, 1.807) is 20.7 Å². The summed E-state index contributed by atoms with van der Waals surface area (Å²) >= 11 is 0. The minimum Gasteiger partial charge on any atom is -0.378 e. The van der Waals surface area contributed by atoms with Crippen molar-refractivity contribution in [2.45, 2.75) is 68.6 Å². The van der Waals surface area contributed by atoms with Crippen molar-refractivity contribution in [2.75, 3.05) is 77.9 Å². The van der Waals surface area contributed by atoms with E-state index in [0.29, 0.717) is 50.0 Å². The molecule has 0 spiro atoms. The van der Waals surface area contributed by atoms with E-state index in [4.69, 9.17) is 0 Å². The van der Waals surface area contributed by atoms with Gasteiger partial charge in [0.2, 0.25) is 10.0 Å². The third kappa shape index (κ3) is 10.2. The van der Waals surface area contributed by atoms with E-state index in [0.717, 1.165) is 44.6 Å². The first-order valence-corrected chi connectivity index (χ1v) is 22.4. The smallest absolute Gasteiger partial charge is 0.282 e. The first kappa shape index (κ1) is 39.6. The highest BCUT2D eigenvalue weighted by Gasteiger charge is 2.35. The predicted molar refractivity (Wildman–Crippen MR) is 217 cm³/mol. The maximum atomic E-state index is 14.4. The number of rotatable bonds is 9. The molecule has 1 saturated carbocycles. The van der Waals surface area contributed by atoms with E-state index in [1.807, 2.05) is 49.3 Å². The molecule has 1 aliphatic carbocycles. The molecule has 0 atom stereocenters. The Morgan fingerprint density at radius 3 is 1.83 bits per heavy atom. The van der Waals surface area contributed by atoms with Crippen LogP contribution < -0.4 is 4.90 Å². The van der Waals surface area contributed by atoms with Crippen LogP contribution in [-0.4, -0.2) is 108 Å². The molecule has 3 aliphatic rings. The molecule has 0 radical (unpaired) electrons. The Labute approximate surface area is 319 Å². The summed E-state index contributed by atoms with van der Waals surface area (Å²) in [4.78, 5) is 4.64. The third-order valence-corrected chi connectivity index (χ3v) is 15.2. The van der Waals surface area contributed by atoms with Crippen LogP contribution in [0.4, 0.5) is 5.69 Å². The Kier molecular flexibility index (Phi) is 13.5. The van der Waals surface area contributed by atoms with Gasteiger partial charge in [0.05, 0.1) is 4.90 Å². The summed E-state index contributed by atoms with van der Waals surface area (Å²) < 4.78 is 61.7. The average Bonchev–Trinajstić information content (AvgIpc) is 3.17. The van der Waals surface area contributed by atoms with E-state index < -0.39 is 20.2 Å². The second-order valence-electron chi connectivity index (χ2n) is 15.5. The predicted octanol–water partition coefficient (Wildman–Crippen LogP) is 7.07. The highest BCUT2D eigenvalue weighted by Crippen LogP contribution is 2.32. The number of sulfonamides is 1. The molecule has 2 heterocycles. The number of piperidine rings is 1. The SMILES string of the molecule is C=C1CN(S(=O)(=O)c2ccc(N(C)C)cc2)CCCN(CC2CCCCC2)CCCN(S(=O)(=O)N2CCC(c3ccc(-c4ccccc4)cc3)CC2)C1. The van der Waals surface area contributed by atoms with Crippen molar-refractivity contribution in [2.24, 2.45) is 5.92 Å². The van der Waals surface area contributed by atoms with E-state index in [2.05, 4.69) is 47.9 Å².